The highest BCUT2D eigenvalue weighted by molar-refractivity contribution is 7.80. The molecule has 8 heteroatoms. The molecule has 0 saturated carbocycles. The zero-order valence-electron chi connectivity index (χ0n) is 18.4. The molecule has 4 aromatic rings. The van der Waals surface area contributed by atoms with Crippen LogP contribution in [0.3, 0.4) is 0 Å². The minimum absolute atomic E-state index is 0.328. The van der Waals surface area contributed by atoms with E-state index in [4.69, 9.17) is 28.3 Å². The molecule has 0 fully saturated rings. The number of rotatable bonds is 4. The Morgan fingerprint density at radius 1 is 1.03 bits per heavy atom. The summed E-state index contributed by atoms with van der Waals surface area (Å²) >= 11 is 12.1. The van der Waals surface area contributed by atoms with E-state index in [2.05, 4.69) is 15.5 Å². The molecule has 0 spiro atoms. The van der Waals surface area contributed by atoms with Crippen LogP contribution in [-0.2, 0) is 0 Å². The molecular formula is C26H20ClFN4OS. The van der Waals surface area contributed by atoms with Crippen LogP contribution in [0.1, 0.15) is 30.0 Å². The molecule has 2 heterocycles. The smallest absolute Gasteiger partial charge is 0.258 e. The first-order valence-corrected chi connectivity index (χ1v) is 11.4. The second-order valence-electron chi connectivity index (χ2n) is 8.04. The van der Waals surface area contributed by atoms with Crippen molar-refractivity contribution in [2.45, 2.75) is 19.9 Å². The summed E-state index contributed by atoms with van der Waals surface area (Å²) in [5, 5.41) is 8.74. The Balaban J connectivity index is 1.65. The molecule has 0 bridgehead atoms. The van der Waals surface area contributed by atoms with E-state index in [9.17, 15) is 4.39 Å². The highest BCUT2D eigenvalue weighted by atomic mass is 35.5. The second kappa shape index (κ2) is 9.00. The van der Waals surface area contributed by atoms with Crippen molar-refractivity contribution in [3.8, 4) is 11.4 Å². The molecule has 0 amide bonds. The van der Waals surface area contributed by atoms with Crippen LogP contribution in [0.4, 0.5) is 10.1 Å². The fraction of sp³-hybridized carbons (Fsp3) is 0.115. The van der Waals surface area contributed by atoms with Gasteiger partial charge in [-0.2, -0.15) is 4.98 Å². The fourth-order valence-electron chi connectivity index (χ4n) is 4.01. The molecule has 1 unspecified atom stereocenters. The van der Waals surface area contributed by atoms with Gasteiger partial charge in [0.1, 0.15) is 5.82 Å². The van der Waals surface area contributed by atoms with Crippen LogP contribution in [0.5, 0.6) is 0 Å². The van der Waals surface area contributed by atoms with Gasteiger partial charge in [0.15, 0.2) is 5.11 Å². The Morgan fingerprint density at radius 2 is 1.76 bits per heavy atom. The van der Waals surface area contributed by atoms with Crippen molar-refractivity contribution in [3.63, 3.8) is 0 Å². The molecule has 3 aromatic carbocycles. The third-order valence-electron chi connectivity index (χ3n) is 5.72. The van der Waals surface area contributed by atoms with Gasteiger partial charge in [0.05, 0.1) is 11.6 Å². The zero-order valence-corrected chi connectivity index (χ0v) is 20.0. The van der Waals surface area contributed by atoms with Gasteiger partial charge in [0.25, 0.3) is 5.89 Å². The molecule has 1 aromatic heterocycles. The number of aromatic nitrogens is 2. The fourth-order valence-corrected chi connectivity index (χ4v) is 4.57. The van der Waals surface area contributed by atoms with E-state index in [-0.39, 0.29) is 11.9 Å². The third-order valence-corrected chi connectivity index (χ3v) is 6.25. The van der Waals surface area contributed by atoms with Crippen LogP contribution in [-0.4, -0.2) is 15.3 Å². The Hall–Kier alpha value is -3.55. The summed E-state index contributed by atoms with van der Waals surface area (Å²) in [6, 6.07) is 21.3. The number of thiocarbonyl (C=S) groups is 1. The topological polar surface area (TPSA) is 54.2 Å². The van der Waals surface area contributed by atoms with Crippen LogP contribution in [0.15, 0.2) is 83.0 Å². The van der Waals surface area contributed by atoms with E-state index in [1.54, 1.807) is 12.1 Å². The SMILES string of the molecule is CC1=C(c2nc(-c3ccc(F)cc3)no2)C(c2cccc(Cl)c2)NC(=S)N1c1ccc(C)cc1. The minimum Gasteiger partial charge on any atom is -0.351 e. The number of hydrogen-bond acceptors (Lipinski definition) is 4. The molecule has 170 valence electrons. The largest absolute Gasteiger partial charge is 0.351 e. The number of benzene rings is 3. The number of hydrogen-bond donors (Lipinski definition) is 1. The van der Waals surface area contributed by atoms with Gasteiger partial charge in [-0.1, -0.05) is 46.6 Å². The second-order valence-corrected chi connectivity index (χ2v) is 8.86. The lowest BCUT2D eigenvalue weighted by molar-refractivity contribution is 0.404. The molecule has 0 radical (unpaired) electrons. The van der Waals surface area contributed by atoms with Gasteiger partial charge in [0, 0.05) is 22.0 Å². The molecule has 0 aliphatic carbocycles. The van der Waals surface area contributed by atoms with Crippen LogP contribution in [0.2, 0.25) is 5.02 Å². The van der Waals surface area contributed by atoms with Gasteiger partial charge in [-0.15, -0.1) is 0 Å². The predicted molar refractivity (Wildman–Crippen MR) is 136 cm³/mol. The number of nitrogens with zero attached hydrogens (tertiary/aromatic N) is 3. The molecule has 34 heavy (non-hydrogen) atoms. The summed E-state index contributed by atoms with van der Waals surface area (Å²) in [6.45, 7) is 4.01. The number of allylic oxidation sites excluding steroid dienone is 1. The Kier molecular flexibility index (Phi) is 5.89. The van der Waals surface area contributed by atoms with Crippen molar-refractivity contribution in [2.75, 3.05) is 4.90 Å². The van der Waals surface area contributed by atoms with Crippen molar-refractivity contribution in [1.82, 2.24) is 15.5 Å². The first kappa shape index (κ1) is 22.3. The highest BCUT2D eigenvalue weighted by Gasteiger charge is 2.34. The lowest BCUT2D eigenvalue weighted by Gasteiger charge is -2.37. The van der Waals surface area contributed by atoms with E-state index in [1.165, 1.54) is 12.1 Å². The lowest BCUT2D eigenvalue weighted by Crippen LogP contribution is -2.46. The van der Waals surface area contributed by atoms with Crippen LogP contribution in [0.25, 0.3) is 17.0 Å². The summed E-state index contributed by atoms with van der Waals surface area (Å²) in [4.78, 5) is 6.60. The van der Waals surface area contributed by atoms with Crippen molar-refractivity contribution >= 4 is 40.2 Å². The molecule has 0 saturated heterocycles. The molecular weight excluding hydrogens is 471 g/mol. The molecule has 1 aliphatic rings. The average molecular weight is 491 g/mol. The van der Waals surface area contributed by atoms with Crippen molar-refractivity contribution in [2.24, 2.45) is 0 Å². The zero-order chi connectivity index (χ0) is 23.8. The van der Waals surface area contributed by atoms with E-state index in [0.717, 1.165) is 28.1 Å². The molecule has 5 nitrogen and oxygen atoms in total. The van der Waals surface area contributed by atoms with Gasteiger partial charge in [0.2, 0.25) is 5.82 Å². The van der Waals surface area contributed by atoms with Crippen molar-refractivity contribution in [1.29, 1.82) is 0 Å². The third kappa shape index (κ3) is 4.20. The van der Waals surface area contributed by atoms with Gasteiger partial charge >= 0.3 is 0 Å². The monoisotopic (exact) mass is 490 g/mol. The normalized spacial score (nSPS) is 16.1. The van der Waals surface area contributed by atoms with Crippen LogP contribution < -0.4 is 10.2 Å². The van der Waals surface area contributed by atoms with Gasteiger partial charge in [-0.3, -0.25) is 4.90 Å². The number of halogens is 2. The van der Waals surface area contributed by atoms with Gasteiger partial charge in [-0.25, -0.2) is 4.39 Å². The quantitative estimate of drug-likeness (QED) is 0.321. The summed E-state index contributed by atoms with van der Waals surface area (Å²) in [7, 11) is 0. The number of aryl methyl sites for hydroxylation is 1. The molecule has 1 atom stereocenters. The van der Waals surface area contributed by atoms with Crippen molar-refractivity contribution < 1.29 is 8.91 Å². The van der Waals surface area contributed by atoms with Crippen LogP contribution in [0, 0.1) is 12.7 Å². The molecule has 1 N–H and O–H groups in total. The van der Waals surface area contributed by atoms with E-state index >= 15 is 0 Å². The molecule has 1 aliphatic heterocycles. The summed E-state index contributed by atoms with van der Waals surface area (Å²) in [5.74, 6) is 0.384. The summed E-state index contributed by atoms with van der Waals surface area (Å²) < 4.78 is 19.1. The van der Waals surface area contributed by atoms with Gasteiger partial charge < -0.3 is 9.84 Å². The first-order chi connectivity index (χ1) is 16.4. The predicted octanol–water partition coefficient (Wildman–Crippen LogP) is 6.70. The number of anilines is 1. The summed E-state index contributed by atoms with van der Waals surface area (Å²) in [5.41, 5.74) is 5.27. The maximum absolute atomic E-state index is 13.4. The Bertz CT molecular complexity index is 1400. The minimum atomic E-state index is -0.352. The van der Waals surface area contributed by atoms with E-state index in [1.807, 2.05) is 67.3 Å². The van der Waals surface area contributed by atoms with Crippen molar-refractivity contribution in [3.05, 3.63) is 106 Å². The molecule has 5 rings (SSSR count). The maximum Gasteiger partial charge on any atom is 0.258 e. The average Bonchev–Trinajstić information content (AvgIpc) is 3.30. The lowest BCUT2D eigenvalue weighted by atomic mass is 9.94. The van der Waals surface area contributed by atoms with E-state index < -0.39 is 0 Å². The Labute approximate surface area is 206 Å². The standard InChI is InChI=1S/C26H20ClFN4OS/c1-15-6-12-21(13-7-15)32-16(2)22(23(29-26(32)34)18-4-3-5-19(27)14-18)25-30-24(31-33-25)17-8-10-20(28)11-9-17/h3-14,23H,1-2H3,(H,29,34). The maximum atomic E-state index is 13.4. The highest BCUT2D eigenvalue weighted by Crippen LogP contribution is 2.39. The summed E-state index contributed by atoms with van der Waals surface area (Å²) in [6.07, 6.45) is 0. The van der Waals surface area contributed by atoms with E-state index in [0.29, 0.717) is 27.4 Å². The van der Waals surface area contributed by atoms with Crippen LogP contribution >= 0.6 is 23.8 Å². The Morgan fingerprint density at radius 3 is 2.47 bits per heavy atom. The first-order valence-electron chi connectivity index (χ1n) is 10.6. The number of nitrogens with one attached hydrogen (secondary N) is 1. The van der Waals surface area contributed by atoms with Gasteiger partial charge in [-0.05, 0) is 80.2 Å².